The van der Waals surface area contributed by atoms with E-state index in [9.17, 15) is 13.2 Å². The molecule has 4 heteroatoms. The molecular formula is C7H12O3S. The van der Waals surface area contributed by atoms with E-state index < -0.39 is 9.84 Å². The molecule has 64 valence electrons. The van der Waals surface area contributed by atoms with Crippen molar-refractivity contribution in [3.8, 4) is 0 Å². The summed E-state index contributed by atoms with van der Waals surface area (Å²) >= 11 is 0. The number of ketones is 1. The Kier molecular flexibility index (Phi) is 2.32. The van der Waals surface area contributed by atoms with Crippen LogP contribution >= 0.6 is 0 Å². The molecule has 0 aromatic rings. The van der Waals surface area contributed by atoms with E-state index in [1.165, 1.54) is 6.92 Å². The maximum absolute atomic E-state index is 10.7. The molecule has 0 amide bonds. The molecule has 1 fully saturated rings. The van der Waals surface area contributed by atoms with E-state index in [4.69, 9.17) is 0 Å². The minimum absolute atomic E-state index is 0.147. The van der Waals surface area contributed by atoms with Gasteiger partial charge in [-0.15, -0.1) is 0 Å². The lowest BCUT2D eigenvalue weighted by atomic mass is 10.1. The van der Waals surface area contributed by atoms with Crippen LogP contribution in [-0.4, -0.2) is 25.7 Å². The molecule has 11 heavy (non-hydrogen) atoms. The maximum atomic E-state index is 10.7. The monoisotopic (exact) mass is 176 g/mol. The van der Waals surface area contributed by atoms with Crippen LogP contribution in [0.3, 0.4) is 0 Å². The Morgan fingerprint density at radius 3 is 2.36 bits per heavy atom. The maximum Gasteiger partial charge on any atom is 0.150 e. The van der Waals surface area contributed by atoms with Gasteiger partial charge in [0.1, 0.15) is 5.78 Å². The normalized spacial score (nSPS) is 22.6. The number of hydrogen-bond acceptors (Lipinski definition) is 3. The Morgan fingerprint density at radius 2 is 2.00 bits per heavy atom. The standard InChI is InChI=1S/C7H12O3S/c1-6(8)2-3-7-4-11(9,10)5-7/h7H,2-5H2,1H3. The van der Waals surface area contributed by atoms with Crippen LogP contribution in [0.1, 0.15) is 19.8 Å². The fourth-order valence-electron chi connectivity index (χ4n) is 1.24. The van der Waals surface area contributed by atoms with Gasteiger partial charge in [0, 0.05) is 6.42 Å². The molecule has 0 aromatic heterocycles. The largest absolute Gasteiger partial charge is 0.300 e. The van der Waals surface area contributed by atoms with Gasteiger partial charge in [0.25, 0.3) is 0 Å². The molecule has 0 radical (unpaired) electrons. The highest BCUT2D eigenvalue weighted by Crippen LogP contribution is 2.22. The molecule has 1 aliphatic rings. The molecule has 1 heterocycles. The summed E-state index contributed by atoms with van der Waals surface area (Å²) in [4.78, 5) is 10.5. The topological polar surface area (TPSA) is 51.2 Å². The minimum Gasteiger partial charge on any atom is -0.300 e. The second-order valence-corrected chi connectivity index (χ2v) is 5.34. The lowest BCUT2D eigenvalue weighted by Gasteiger charge is -2.24. The Balaban J connectivity index is 2.19. The van der Waals surface area contributed by atoms with Crippen LogP contribution in [-0.2, 0) is 14.6 Å². The number of rotatable bonds is 3. The number of sulfone groups is 1. The zero-order chi connectivity index (χ0) is 8.48. The van der Waals surface area contributed by atoms with Crippen molar-refractivity contribution in [1.29, 1.82) is 0 Å². The molecule has 0 N–H and O–H groups in total. The average molecular weight is 176 g/mol. The molecule has 0 spiro atoms. The summed E-state index contributed by atoms with van der Waals surface area (Å²) in [7, 11) is -2.69. The quantitative estimate of drug-likeness (QED) is 0.625. The van der Waals surface area contributed by atoms with Crippen LogP contribution in [0, 0.1) is 5.92 Å². The third-order valence-corrected chi connectivity index (χ3v) is 3.84. The molecule has 0 atom stereocenters. The van der Waals surface area contributed by atoms with E-state index in [2.05, 4.69) is 0 Å². The van der Waals surface area contributed by atoms with Crippen molar-refractivity contribution in [1.82, 2.24) is 0 Å². The smallest absolute Gasteiger partial charge is 0.150 e. The van der Waals surface area contributed by atoms with Crippen LogP contribution in [0.4, 0.5) is 0 Å². The Morgan fingerprint density at radius 1 is 1.45 bits per heavy atom. The highest BCUT2D eigenvalue weighted by molar-refractivity contribution is 7.92. The van der Waals surface area contributed by atoms with Crippen LogP contribution in [0.25, 0.3) is 0 Å². The van der Waals surface area contributed by atoms with Gasteiger partial charge in [-0.1, -0.05) is 0 Å². The first-order chi connectivity index (χ1) is 4.99. The van der Waals surface area contributed by atoms with Gasteiger partial charge < -0.3 is 4.79 Å². The van der Waals surface area contributed by atoms with Crippen molar-refractivity contribution in [3.05, 3.63) is 0 Å². The van der Waals surface area contributed by atoms with Gasteiger partial charge in [0.2, 0.25) is 0 Å². The van der Waals surface area contributed by atoms with E-state index in [-0.39, 0.29) is 11.7 Å². The second-order valence-electron chi connectivity index (χ2n) is 3.18. The summed E-state index contributed by atoms with van der Waals surface area (Å²) < 4.78 is 21.3. The van der Waals surface area contributed by atoms with E-state index in [0.29, 0.717) is 17.9 Å². The summed E-state index contributed by atoms with van der Waals surface area (Å²) in [6.45, 7) is 1.53. The van der Waals surface area contributed by atoms with Crippen LogP contribution < -0.4 is 0 Å². The summed E-state index contributed by atoms with van der Waals surface area (Å²) in [6.07, 6.45) is 1.27. The summed E-state index contributed by atoms with van der Waals surface area (Å²) in [5, 5.41) is 0. The summed E-state index contributed by atoms with van der Waals surface area (Å²) in [5.74, 6) is 0.985. The van der Waals surface area contributed by atoms with E-state index >= 15 is 0 Å². The van der Waals surface area contributed by atoms with E-state index in [1.54, 1.807) is 0 Å². The van der Waals surface area contributed by atoms with Gasteiger partial charge in [0.15, 0.2) is 9.84 Å². The SMILES string of the molecule is CC(=O)CCC1CS(=O)(=O)C1. The van der Waals surface area contributed by atoms with Crippen LogP contribution in [0.15, 0.2) is 0 Å². The first-order valence-electron chi connectivity index (χ1n) is 3.69. The van der Waals surface area contributed by atoms with Crippen LogP contribution in [0.5, 0.6) is 0 Å². The molecule has 0 saturated carbocycles. The van der Waals surface area contributed by atoms with Gasteiger partial charge in [-0.2, -0.15) is 0 Å². The number of carbonyl (C=O) groups excluding carboxylic acids is 1. The van der Waals surface area contributed by atoms with Crippen molar-refractivity contribution in [2.75, 3.05) is 11.5 Å². The molecule has 0 aromatic carbocycles. The first kappa shape index (κ1) is 8.71. The zero-order valence-corrected chi connectivity index (χ0v) is 7.36. The van der Waals surface area contributed by atoms with Crippen molar-refractivity contribution in [2.45, 2.75) is 19.8 Å². The molecule has 1 rings (SSSR count). The van der Waals surface area contributed by atoms with Crippen molar-refractivity contribution >= 4 is 15.6 Å². The Labute approximate surface area is 66.7 Å². The van der Waals surface area contributed by atoms with Crippen molar-refractivity contribution in [2.24, 2.45) is 5.92 Å². The fraction of sp³-hybridized carbons (Fsp3) is 0.857. The molecule has 3 nitrogen and oxygen atoms in total. The lowest BCUT2D eigenvalue weighted by Crippen LogP contribution is -2.36. The van der Waals surface area contributed by atoms with Gasteiger partial charge in [-0.3, -0.25) is 0 Å². The minimum atomic E-state index is -2.69. The first-order valence-corrected chi connectivity index (χ1v) is 5.51. The fourth-order valence-corrected chi connectivity index (χ4v) is 2.92. The van der Waals surface area contributed by atoms with E-state index in [0.717, 1.165) is 6.42 Å². The molecule has 1 saturated heterocycles. The highest BCUT2D eigenvalue weighted by atomic mass is 32.2. The molecule has 0 aliphatic carbocycles. The predicted molar refractivity (Wildman–Crippen MR) is 42.1 cm³/mol. The van der Waals surface area contributed by atoms with Crippen molar-refractivity contribution < 1.29 is 13.2 Å². The summed E-state index contributed by atoms with van der Waals surface area (Å²) in [5.41, 5.74) is 0. The molecule has 0 unspecified atom stereocenters. The predicted octanol–water partition coefficient (Wildman–Crippen LogP) is 0.400. The average Bonchev–Trinajstić information content (AvgIpc) is 1.78. The highest BCUT2D eigenvalue weighted by Gasteiger charge is 2.32. The van der Waals surface area contributed by atoms with Crippen LogP contribution in [0.2, 0.25) is 0 Å². The third kappa shape index (κ3) is 2.61. The van der Waals surface area contributed by atoms with Gasteiger partial charge in [-0.05, 0) is 19.3 Å². The Bertz CT molecular complexity index is 241. The molecule has 0 bridgehead atoms. The number of hydrogen-bond donors (Lipinski definition) is 0. The third-order valence-electron chi connectivity index (χ3n) is 1.88. The number of carbonyl (C=O) groups is 1. The second kappa shape index (κ2) is 2.93. The summed E-state index contributed by atoms with van der Waals surface area (Å²) in [6, 6.07) is 0. The molecule has 1 aliphatic heterocycles. The zero-order valence-electron chi connectivity index (χ0n) is 6.54. The van der Waals surface area contributed by atoms with E-state index in [1.807, 2.05) is 0 Å². The van der Waals surface area contributed by atoms with Gasteiger partial charge in [0.05, 0.1) is 11.5 Å². The number of Topliss-reactive ketones (excluding diaryl/α,β-unsaturated/α-hetero) is 1. The van der Waals surface area contributed by atoms with Crippen molar-refractivity contribution in [3.63, 3.8) is 0 Å². The van der Waals surface area contributed by atoms with Gasteiger partial charge >= 0.3 is 0 Å². The van der Waals surface area contributed by atoms with Gasteiger partial charge in [-0.25, -0.2) is 8.42 Å². The lowest BCUT2D eigenvalue weighted by molar-refractivity contribution is -0.117. The Hall–Kier alpha value is -0.380. The molecular weight excluding hydrogens is 164 g/mol.